The third-order valence-electron chi connectivity index (χ3n) is 8.85. The fraction of sp³-hybridized carbons (Fsp3) is 0.312. The molecule has 218 valence electrons. The van der Waals surface area contributed by atoms with Crippen LogP contribution >= 0.6 is 27.5 Å². The van der Waals surface area contributed by atoms with Gasteiger partial charge in [0.05, 0.1) is 35.9 Å². The van der Waals surface area contributed by atoms with Crippen LogP contribution in [0.15, 0.2) is 59.2 Å². The highest BCUT2D eigenvalue weighted by atomic mass is 79.9. The number of methoxy groups -OCH3 is 1. The zero-order valence-corrected chi connectivity index (χ0v) is 27.7. The molecule has 7 nitrogen and oxygen atoms in total. The molecule has 2 aliphatic rings. The van der Waals surface area contributed by atoms with E-state index in [-0.39, 0.29) is 28.3 Å². The van der Waals surface area contributed by atoms with E-state index in [2.05, 4.69) is 76.8 Å². The quantitative estimate of drug-likeness (QED) is 0.124. The molecule has 1 aliphatic heterocycles. The molecule has 10 heteroatoms. The fourth-order valence-corrected chi connectivity index (χ4v) is 7.74. The highest BCUT2D eigenvalue weighted by Gasteiger charge is 2.41. The second-order valence-corrected chi connectivity index (χ2v) is 18.5. The average molecular weight is 667 g/mol. The van der Waals surface area contributed by atoms with Crippen LogP contribution < -0.4 is 10.1 Å². The summed E-state index contributed by atoms with van der Waals surface area (Å²) in [6.45, 7) is 11.2. The van der Waals surface area contributed by atoms with Gasteiger partial charge in [-0.25, -0.2) is 0 Å². The average Bonchev–Trinajstić information content (AvgIpc) is 3.66. The van der Waals surface area contributed by atoms with Crippen molar-refractivity contribution in [2.24, 2.45) is 0 Å². The predicted molar refractivity (Wildman–Crippen MR) is 174 cm³/mol. The van der Waals surface area contributed by atoms with E-state index in [4.69, 9.17) is 20.8 Å². The molecule has 3 heterocycles. The smallest absolute Gasteiger partial charge is 0.259 e. The molecule has 0 bridgehead atoms. The van der Waals surface area contributed by atoms with Gasteiger partial charge in [0, 0.05) is 44.5 Å². The molecule has 0 fully saturated rings. The van der Waals surface area contributed by atoms with Gasteiger partial charge in [-0.1, -0.05) is 60.5 Å². The van der Waals surface area contributed by atoms with Crippen molar-refractivity contribution < 1.29 is 18.8 Å². The highest BCUT2D eigenvalue weighted by molar-refractivity contribution is 9.10. The van der Waals surface area contributed by atoms with Crippen molar-refractivity contribution >= 4 is 80.6 Å². The first kappa shape index (κ1) is 29.0. The summed E-state index contributed by atoms with van der Waals surface area (Å²) in [7, 11) is -0.394. The van der Waals surface area contributed by atoms with E-state index in [1.54, 1.807) is 13.3 Å². The largest absolute Gasteiger partial charge is 0.497 e. The van der Waals surface area contributed by atoms with Gasteiger partial charge in [0.2, 0.25) is 0 Å². The van der Waals surface area contributed by atoms with E-state index >= 15 is 0 Å². The Morgan fingerprint density at radius 3 is 2.48 bits per heavy atom. The molecule has 2 aromatic carbocycles. The van der Waals surface area contributed by atoms with Crippen LogP contribution in [0.1, 0.15) is 44.4 Å². The first-order valence-electron chi connectivity index (χ1n) is 13.9. The Hall–Kier alpha value is -3.11. The number of hydrogen-bond acceptors (Lipinski definition) is 4. The summed E-state index contributed by atoms with van der Waals surface area (Å²) >= 11 is 10.9. The number of aromatic nitrogens is 2. The number of nitrogens with zero attached hydrogens (tertiary/aromatic N) is 1. The number of rotatable bonds is 6. The van der Waals surface area contributed by atoms with Crippen molar-refractivity contribution in [1.82, 2.24) is 14.9 Å². The monoisotopic (exact) mass is 665 g/mol. The van der Waals surface area contributed by atoms with E-state index < -0.39 is 20.1 Å². The van der Waals surface area contributed by atoms with Gasteiger partial charge in [-0.15, -0.1) is 0 Å². The van der Waals surface area contributed by atoms with Crippen LogP contribution in [0.4, 0.5) is 0 Å². The van der Waals surface area contributed by atoms with Crippen LogP contribution in [0.5, 0.6) is 5.75 Å². The number of fused-ring (bicyclic) bond motifs is 2. The Bertz CT molecular complexity index is 1850. The first-order valence-corrected chi connectivity index (χ1v) is 18.0. The van der Waals surface area contributed by atoms with Gasteiger partial charge < -0.3 is 18.7 Å². The van der Waals surface area contributed by atoms with Gasteiger partial charge >= 0.3 is 0 Å². The lowest BCUT2D eigenvalue weighted by Crippen LogP contribution is -2.43. The molecule has 0 unspecified atom stereocenters. The first-order chi connectivity index (χ1) is 19.8. The van der Waals surface area contributed by atoms with Crippen molar-refractivity contribution in [3.8, 4) is 5.75 Å². The zero-order valence-electron chi connectivity index (χ0n) is 24.4. The second kappa shape index (κ2) is 10.3. The van der Waals surface area contributed by atoms with E-state index in [1.807, 2.05) is 36.4 Å². The highest BCUT2D eigenvalue weighted by Crippen LogP contribution is 2.46. The summed E-state index contributed by atoms with van der Waals surface area (Å²) in [4.78, 5) is 30.1. The number of nitrogens with one attached hydrogen (secondary N) is 2. The van der Waals surface area contributed by atoms with E-state index in [9.17, 15) is 9.59 Å². The normalized spacial score (nSPS) is 19.5. The third kappa shape index (κ3) is 4.67. The summed E-state index contributed by atoms with van der Waals surface area (Å²) in [5, 5.41) is 4.58. The zero-order chi connectivity index (χ0) is 30.1. The maximum Gasteiger partial charge on any atom is 0.259 e. The van der Waals surface area contributed by atoms with Crippen molar-refractivity contribution in [3.05, 3.63) is 75.5 Å². The minimum Gasteiger partial charge on any atom is -0.497 e. The Balaban J connectivity index is 1.51. The Kier molecular flexibility index (Phi) is 7.08. The van der Waals surface area contributed by atoms with Crippen LogP contribution in [0, 0.1) is 0 Å². The molecule has 2 N–H and O–H groups in total. The maximum absolute atomic E-state index is 13.5. The fourth-order valence-electron chi connectivity index (χ4n) is 5.68. The number of halogens is 2. The molecule has 0 radical (unpaired) electrons. The summed E-state index contributed by atoms with van der Waals surface area (Å²) in [6.07, 6.45) is 6.71. The molecule has 42 heavy (non-hydrogen) atoms. The second-order valence-electron chi connectivity index (χ2n) is 12.4. The van der Waals surface area contributed by atoms with Crippen LogP contribution in [0.3, 0.4) is 0 Å². The number of amides is 2. The number of carbonyl (C=O) groups excluding carboxylic acids is 2. The molecule has 2 atom stereocenters. The maximum atomic E-state index is 13.5. The van der Waals surface area contributed by atoms with E-state index in [1.165, 1.54) is 0 Å². The van der Waals surface area contributed by atoms with Gasteiger partial charge in [-0.05, 0) is 54.5 Å². The van der Waals surface area contributed by atoms with Crippen LogP contribution in [0.2, 0.25) is 23.3 Å². The number of imide groups is 1. The van der Waals surface area contributed by atoms with Crippen LogP contribution in [-0.4, -0.2) is 42.9 Å². The Morgan fingerprint density at radius 1 is 1.02 bits per heavy atom. The molecule has 0 saturated carbocycles. The van der Waals surface area contributed by atoms with Gasteiger partial charge in [0.25, 0.3) is 11.8 Å². The minimum atomic E-state index is -1.99. The number of carbonyl (C=O) groups is 2. The van der Waals surface area contributed by atoms with Gasteiger partial charge in [-0.3, -0.25) is 14.9 Å². The lowest BCUT2D eigenvalue weighted by molar-refractivity contribution is -0.122. The number of H-pyrrole nitrogens is 1. The van der Waals surface area contributed by atoms with Crippen molar-refractivity contribution in [2.75, 3.05) is 7.11 Å². The number of aromatic amines is 1. The summed E-state index contributed by atoms with van der Waals surface area (Å²) in [5.74, 6) is -0.292. The standard InChI is InChI=1S/C32H33BrClN3O4Si/c1-32(2,3)42(5,6)41-20-9-8-18(14-20)37-25-12-7-17(33)13-22(25)26(29(37)34)28-27(30(38)36-31(28)39)23-16-35-24-11-10-19(40-4)15-21(23)24/h7-13,15-16,18,20,35H,14H2,1-6H3,(H,36,38,39)/t18-,20+/m1/s1. The molecule has 1 aliphatic carbocycles. The van der Waals surface area contributed by atoms with Crippen molar-refractivity contribution in [2.45, 2.75) is 57.5 Å². The SMILES string of the molecule is COc1ccc2[nH]cc(C3=C(c4c(Cl)n([C@@H]5C=C[C@H](O[Si](C)(C)C(C)(C)C)C5)c5ccc(Br)cc45)C(=O)NC3=O)c2c1. The lowest BCUT2D eigenvalue weighted by atomic mass is 9.95. The molecule has 4 aromatic rings. The van der Waals surface area contributed by atoms with Gasteiger partial charge in [0.15, 0.2) is 8.32 Å². The van der Waals surface area contributed by atoms with E-state index in [0.717, 1.165) is 32.7 Å². The molecule has 6 rings (SSSR count). The lowest BCUT2D eigenvalue weighted by Gasteiger charge is -2.38. The molecular weight excluding hydrogens is 634 g/mol. The summed E-state index contributed by atoms with van der Waals surface area (Å²) in [5.41, 5.74) is 3.38. The van der Waals surface area contributed by atoms with Crippen LogP contribution in [0.25, 0.3) is 33.0 Å². The molecule has 0 spiro atoms. The number of hydrogen-bond donors (Lipinski definition) is 2. The van der Waals surface area contributed by atoms with Gasteiger partial charge in [-0.2, -0.15) is 0 Å². The van der Waals surface area contributed by atoms with Crippen molar-refractivity contribution in [3.63, 3.8) is 0 Å². The van der Waals surface area contributed by atoms with Gasteiger partial charge in [0.1, 0.15) is 10.9 Å². The molecule has 2 aromatic heterocycles. The number of benzene rings is 2. The Labute approximate surface area is 259 Å². The Morgan fingerprint density at radius 2 is 1.76 bits per heavy atom. The molecule has 0 saturated heterocycles. The minimum absolute atomic E-state index is 0.0318. The predicted octanol–water partition coefficient (Wildman–Crippen LogP) is 8.01. The van der Waals surface area contributed by atoms with E-state index in [0.29, 0.717) is 22.0 Å². The number of allylic oxidation sites excluding steroid dienone is 1. The number of ether oxygens (including phenoxy) is 1. The van der Waals surface area contributed by atoms with Crippen LogP contribution in [-0.2, 0) is 14.0 Å². The molecular formula is C32H33BrClN3O4Si. The molecule has 2 amide bonds. The van der Waals surface area contributed by atoms with Crippen molar-refractivity contribution in [1.29, 1.82) is 0 Å². The summed E-state index contributed by atoms with van der Waals surface area (Å²) < 4.78 is 15.0. The summed E-state index contributed by atoms with van der Waals surface area (Å²) in [6, 6.07) is 11.4. The third-order valence-corrected chi connectivity index (χ3v) is 14.2. The topological polar surface area (TPSA) is 85.3 Å².